The molecule has 7 heteroatoms. The zero-order chi connectivity index (χ0) is 21.8. The van der Waals surface area contributed by atoms with Gasteiger partial charge in [-0.25, -0.2) is 14.2 Å². The first-order valence-electron chi connectivity index (χ1n) is 9.86. The van der Waals surface area contributed by atoms with Crippen LogP contribution < -0.4 is 11.3 Å². The van der Waals surface area contributed by atoms with E-state index in [1.165, 1.54) is 0 Å². The van der Waals surface area contributed by atoms with Crippen molar-refractivity contribution < 1.29 is 19.1 Å². The van der Waals surface area contributed by atoms with Gasteiger partial charge in [0.25, 0.3) is 5.56 Å². The Morgan fingerprint density at radius 1 is 1.00 bits per heavy atom. The molecule has 2 atom stereocenters. The number of carboxylic acids is 1. The van der Waals surface area contributed by atoms with E-state index in [-0.39, 0.29) is 23.7 Å². The Kier molecular flexibility index (Phi) is 6.52. The largest absolute Gasteiger partial charge is 0.479 e. The Hall–Kier alpha value is -3.19. The van der Waals surface area contributed by atoms with Gasteiger partial charge in [0, 0.05) is 12.5 Å². The van der Waals surface area contributed by atoms with Crippen LogP contribution in [0.5, 0.6) is 0 Å². The lowest BCUT2D eigenvalue weighted by atomic mass is 10.0. The number of nitrogens with zero attached hydrogens (tertiary/aromatic N) is 1. The van der Waals surface area contributed by atoms with Gasteiger partial charge in [0.2, 0.25) is 0 Å². The van der Waals surface area contributed by atoms with Crippen molar-refractivity contribution in [3.63, 3.8) is 0 Å². The number of para-hydroxylation sites is 1. The van der Waals surface area contributed by atoms with Crippen LogP contribution in [0.1, 0.15) is 37.9 Å². The highest BCUT2D eigenvalue weighted by molar-refractivity contribution is 5.75. The van der Waals surface area contributed by atoms with E-state index >= 15 is 0 Å². The zero-order valence-corrected chi connectivity index (χ0v) is 17.2. The lowest BCUT2D eigenvalue weighted by Gasteiger charge is -2.17. The Bertz CT molecular complexity index is 1140. The van der Waals surface area contributed by atoms with Crippen LogP contribution in [0.3, 0.4) is 0 Å². The molecule has 2 unspecified atom stereocenters. The third-order valence-electron chi connectivity index (χ3n) is 4.86. The summed E-state index contributed by atoms with van der Waals surface area (Å²) < 4.78 is 11.9. The monoisotopic (exact) mass is 411 g/mol. The summed E-state index contributed by atoms with van der Waals surface area (Å²) in [4.78, 5) is 36.5. The lowest BCUT2D eigenvalue weighted by molar-refractivity contribution is -0.153. The minimum absolute atomic E-state index is 0.182. The quantitative estimate of drug-likeness (QED) is 0.611. The van der Waals surface area contributed by atoms with Crippen molar-refractivity contribution in [1.82, 2.24) is 4.57 Å². The summed E-state index contributed by atoms with van der Waals surface area (Å²) in [7, 11) is 0. The van der Waals surface area contributed by atoms with E-state index in [0.29, 0.717) is 11.8 Å². The summed E-state index contributed by atoms with van der Waals surface area (Å²) in [6.07, 6.45) is -0.376. The molecule has 0 saturated heterocycles. The molecule has 0 aliphatic heterocycles. The number of ether oxygens (including phenoxy) is 1. The predicted octanol–water partition coefficient (Wildman–Crippen LogP) is 3.18. The van der Waals surface area contributed by atoms with E-state index in [2.05, 4.69) is 0 Å². The smallest absolute Gasteiger partial charge is 0.422 e. The Morgan fingerprint density at radius 2 is 1.60 bits per heavy atom. The standard InChI is InChI=1S/C23H25NO6/c1-14(2)29-20(22(26)27)13-17-10-8-16(9-11-17)12-15(3)24-21(25)18-6-4-5-7-19(18)30-23(24)28/h4-11,14-15,20H,12-13H2,1-3H3,(H,26,27). The van der Waals surface area contributed by atoms with Crippen LogP contribution in [0.4, 0.5) is 0 Å². The highest BCUT2D eigenvalue weighted by Gasteiger charge is 2.20. The molecule has 0 bridgehead atoms. The van der Waals surface area contributed by atoms with E-state index < -0.39 is 23.9 Å². The zero-order valence-electron chi connectivity index (χ0n) is 17.2. The molecule has 3 aromatic rings. The highest BCUT2D eigenvalue weighted by atomic mass is 16.5. The van der Waals surface area contributed by atoms with Crippen molar-refractivity contribution in [1.29, 1.82) is 0 Å². The molecule has 0 fully saturated rings. The van der Waals surface area contributed by atoms with Crippen LogP contribution in [-0.2, 0) is 22.4 Å². The fourth-order valence-corrected chi connectivity index (χ4v) is 3.45. The topological polar surface area (TPSA) is 98.7 Å². The van der Waals surface area contributed by atoms with Crippen molar-refractivity contribution in [3.8, 4) is 0 Å². The van der Waals surface area contributed by atoms with Crippen LogP contribution >= 0.6 is 0 Å². The average molecular weight is 411 g/mol. The summed E-state index contributed by atoms with van der Waals surface area (Å²) >= 11 is 0. The summed E-state index contributed by atoms with van der Waals surface area (Å²) in [5.41, 5.74) is 1.65. The first kappa shape index (κ1) is 21.5. The Morgan fingerprint density at radius 3 is 2.20 bits per heavy atom. The van der Waals surface area contributed by atoms with Gasteiger partial charge in [-0.2, -0.15) is 0 Å². The van der Waals surface area contributed by atoms with Gasteiger partial charge in [-0.3, -0.25) is 4.79 Å². The van der Waals surface area contributed by atoms with Gasteiger partial charge in [-0.05, 0) is 50.5 Å². The molecule has 7 nitrogen and oxygen atoms in total. The van der Waals surface area contributed by atoms with Gasteiger partial charge in [0.15, 0.2) is 6.10 Å². The number of aromatic nitrogens is 1. The Balaban J connectivity index is 1.77. The lowest BCUT2D eigenvalue weighted by Crippen LogP contribution is -2.35. The second-order valence-electron chi connectivity index (χ2n) is 7.62. The van der Waals surface area contributed by atoms with Crippen molar-refractivity contribution in [2.75, 3.05) is 0 Å². The minimum Gasteiger partial charge on any atom is -0.479 e. The molecule has 0 spiro atoms. The molecule has 0 saturated carbocycles. The van der Waals surface area contributed by atoms with E-state index in [9.17, 15) is 19.5 Å². The number of fused-ring (bicyclic) bond motifs is 1. The predicted molar refractivity (Wildman–Crippen MR) is 113 cm³/mol. The summed E-state index contributed by atoms with van der Waals surface area (Å²) in [5, 5.41) is 9.68. The molecule has 1 N–H and O–H groups in total. The molecule has 0 aliphatic rings. The maximum Gasteiger partial charge on any atom is 0.422 e. The number of carboxylic acid groups (broad SMARTS) is 1. The van der Waals surface area contributed by atoms with Crippen LogP contribution in [0, 0.1) is 0 Å². The number of hydrogen-bond acceptors (Lipinski definition) is 5. The van der Waals surface area contributed by atoms with Crippen LogP contribution in [0.15, 0.2) is 62.5 Å². The number of benzene rings is 2. The molecule has 1 aromatic heterocycles. The van der Waals surface area contributed by atoms with Crippen LogP contribution in [-0.4, -0.2) is 27.9 Å². The molecule has 30 heavy (non-hydrogen) atoms. The third kappa shape index (κ3) is 4.86. The maximum absolute atomic E-state index is 12.7. The molecule has 3 rings (SSSR count). The molecule has 158 valence electrons. The summed E-state index contributed by atoms with van der Waals surface area (Å²) in [6.45, 7) is 5.38. The van der Waals surface area contributed by atoms with Gasteiger partial charge < -0.3 is 14.3 Å². The molecular weight excluding hydrogens is 386 g/mol. The van der Waals surface area contributed by atoms with Gasteiger partial charge in [-0.1, -0.05) is 36.4 Å². The summed E-state index contributed by atoms with van der Waals surface area (Å²) in [6, 6.07) is 13.7. The van der Waals surface area contributed by atoms with Crippen molar-refractivity contribution in [2.45, 2.75) is 51.9 Å². The Labute approximate surface area is 173 Å². The third-order valence-corrected chi connectivity index (χ3v) is 4.86. The summed E-state index contributed by atoms with van der Waals surface area (Å²) in [5.74, 6) is -1.68. The van der Waals surface area contributed by atoms with E-state index in [0.717, 1.165) is 15.7 Å². The average Bonchev–Trinajstić information content (AvgIpc) is 2.68. The SMILES string of the molecule is CC(C)OC(Cc1ccc(CC(C)n2c(=O)oc3ccccc3c2=O)cc1)C(=O)O. The van der Waals surface area contributed by atoms with Gasteiger partial charge >= 0.3 is 11.7 Å². The van der Waals surface area contributed by atoms with Crippen molar-refractivity contribution >= 4 is 16.9 Å². The molecule has 0 amide bonds. The second kappa shape index (κ2) is 9.09. The second-order valence-corrected chi connectivity index (χ2v) is 7.62. The number of aliphatic carboxylic acids is 1. The minimum atomic E-state index is -0.996. The van der Waals surface area contributed by atoms with Crippen LogP contribution in [0.25, 0.3) is 11.0 Å². The number of carbonyl (C=O) groups is 1. The number of hydrogen-bond donors (Lipinski definition) is 1. The maximum atomic E-state index is 12.7. The van der Waals surface area contributed by atoms with Crippen molar-refractivity contribution in [3.05, 3.63) is 80.6 Å². The van der Waals surface area contributed by atoms with Gasteiger partial charge in [0.1, 0.15) is 5.58 Å². The van der Waals surface area contributed by atoms with Gasteiger partial charge in [-0.15, -0.1) is 0 Å². The molecule has 1 heterocycles. The van der Waals surface area contributed by atoms with Crippen molar-refractivity contribution in [2.24, 2.45) is 0 Å². The first-order chi connectivity index (χ1) is 14.3. The van der Waals surface area contributed by atoms with Crippen LogP contribution in [0.2, 0.25) is 0 Å². The normalized spacial score (nSPS) is 13.5. The van der Waals surface area contributed by atoms with E-state index in [4.69, 9.17) is 9.15 Å². The van der Waals surface area contributed by atoms with E-state index in [1.54, 1.807) is 45.0 Å². The molecule has 0 aliphatic carbocycles. The fourth-order valence-electron chi connectivity index (χ4n) is 3.45. The molecule has 2 aromatic carbocycles. The first-order valence-corrected chi connectivity index (χ1v) is 9.86. The molecule has 0 radical (unpaired) electrons. The fraction of sp³-hybridized carbons (Fsp3) is 0.348. The van der Waals surface area contributed by atoms with Gasteiger partial charge in [0.05, 0.1) is 11.5 Å². The molecular formula is C23H25NO6. The number of rotatable bonds is 8. The highest BCUT2D eigenvalue weighted by Crippen LogP contribution is 2.16. The van der Waals surface area contributed by atoms with E-state index in [1.807, 2.05) is 24.3 Å².